The van der Waals surface area contributed by atoms with Gasteiger partial charge in [-0.05, 0) is 44.7 Å². The van der Waals surface area contributed by atoms with Crippen LogP contribution in [-0.4, -0.2) is 58.0 Å². The largest absolute Gasteiger partial charge is 0.342 e. The van der Waals surface area contributed by atoms with Gasteiger partial charge in [0, 0.05) is 49.1 Å². The van der Waals surface area contributed by atoms with Crippen molar-refractivity contribution in [2.24, 2.45) is 5.92 Å². The van der Waals surface area contributed by atoms with Crippen molar-refractivity contribution in [3.05, 3.63) is 34.4 Å². The van der Waals surface area contributed by atoms with Crippen LogP contribution in [0.2, 0.25) is 0 Å². The molecule has 0 N–H and O–H groups in total. The summed E-state index contributed by atoms with van der Waals surface area (Å²) in [4.78, 5) is 40.7. The van der Waals surface area contributed by atoms with E-state index < -0.39 is 4.92 Å². The molecule has 8 heteroatoms. The Kier molecular flexibility index (Phi) is 7.52. The molecule has 2 aliphatic heterocycles. The summed E-state index contributed by atoms with van der Waals surface area (Å²) in [6, 6.07) is 6.27. The molecule has 2 saturated heterocycles. The van der Waals surface area contributed by atoms with Gasteiger partial charge in [0.15, 0.2) is 0 Å². The van der Waals surface area contributed by atoms with E-state index in [9.17, 15) is 19.7 Å². The highest BCUT2D eigenvalue weighted by atomic mass is 32.2. The van der Waals surface area contributed by atoms with Crippen LogP contribution in [0.15, 0.2) is 29.2 Å². The van der Waals surface area contributed by atoms with Crippen molar-refractivity contribution in [2.75, 3.05) is 26.2 Å². The first-order chi connectivity index (χ1) is 14.0. The van der Waals surface area contributed by atoms with Gasteiger partial charge in [0.25, 0.3) is 5.69 Å². The maximum Gasteiger partial charge on any atom is 0.269 e. The lowest BCUT2D eigenvalue weighted by Crippen LogP contribution is -2.46. The number of carbonyl (C=O) groups is 2. The molecule has 0 spiro atoms. The predicted octanol–water partition coefficient (Wildman–Crippen LogP) is 3.72. The van der Waals surface area contributed by atoms with E-state index in [4.69, 9.17) is 0 Å². The van der Waals surface area contributed by atoms with Crippen LogP contribution < -0.4 is 0 Å². The highest BCUT2D eigenvalue weighted by Gasteiger charge is 2.32. The number of hydrogen-bond acceptors (Lipinski definition) is 5. The topological polar surface area (TPSA) is 83.8 Å². The number of benzene rings is 1. The van der Waals surface area contributed by atoms with Crippen LogP contribution in [0.4, 0.5) is 5.69 Å². The van der Waals surface area contributed by atoms with Gasteiger partial charge in [-0.25, -0.2) is 0 Å². The number of nitrogens with zero attached hydrogens (tertiary/aromatic N) is 3. The summed E-state index contributed by atoms with van der Waals surface area (Å²) < 4.78 is 0. The second-order valence-electron chi connectivity index (χ2n) is 7.85. The minimum atomic E-state index is -0.430. The number of thioether (sulfide) groups is 1. The number of rotatable bonds is 5. The number of hydrogen-bond donors (Lipinski definition) is 0. The van der Waals surface area contributed by atoms with E-state index in [-0.39, 0.29) is 28.7 Å². The molecule has 2 aliphatic rings. The molecule has 0 aromatic heterocycles. The summed E-state index contributed by atoms with van der Waals surface area (Å²) >= 11 is 1.41. The highest BCUT2D eigenvalue weighted by molar-refractivity contribution is 8.00. The van der Waals surface area contributed by atoms with Crippen LogP contribution in [0.3, 0.4) is 0 Å². The molecule has 1 atom stereocenters. The number of likely N-dealkylation sites (tertiary alicyclic amines) is 2. The van der Waals surface area contributed by atoms with Gasteiger partial charge < -0.3 is 9.80 Å². The fourth-order valence-electron chi connectivity index (χ4n) is 4.05. The van der Waals surface area contributed by atoms with E-state index in [1.54, 1.807) is 12.1 Å². The minimum Gasteiger partial charge on any atom is -0.342 e. The lowest BCUT2D eigenvalue weighted by Gasteiger charge is -2.35. The Morgan fingerprint density at radius 3 is 2.14 bits per heavy atom. The molecule has 1 aromatic carbocycles. The van der Waals surface area contributed by atoms with E-state index >= 15 is 0 Å². The molecule has 2 amide bonds. The van der Waals surface area contributed by atoms with Gasteiger partial charge in [0.2, 0.25) is 11.8 Å². The molecule has 0 saturated carbocycles. The molecule has 0 radical (unpaired) electrons. The maximum atomic E-state index is 12.8. The van der Waals surface area contributed by atoms with Crippen LogP contribution in [0.1, 0.15) is 45.4 Å². The zero-order valence-electron chi connectivity index (χ0n) is 16.9. The maximum absolute atomic E-state index is 12.8. The average molecular weight is 420 g/mol. The molecule has 1 aromatic rings. The van der Waals surface area contributed by atoms with Crippen molar-refractivity contribution < 1.29 is 14.5 Å². The summed E-state index contributed by atoms with van der Waals surface area (Å²) in [5, 5.41) is 10.5. The van der Waals surface area contributed by atoms with Crippen molar-refractivity contribution in [1.82, 2.24) is 9.80 Å². The van der Waals surface area contributed by atoms with Crippen molar-refractivity contribution in [3.8, 4) is 0 Å². The second kappa shape index (κ2) is 10.1. The fourth-order valence-corrected chi connectivity index (χ4v) is 5.01. The van der Waals surface area contributed by atoms with Crippen molar-refractivity contribution in [2.45, 2.75) is 55.6 Å². The minimum absolute atomic E-state index is 0.0368. The number of non-ortho nitro benzene ring substituents is 1. The lowest BCUT2D eigenvalue weighted by molar-refractivity contribution is -0.384. The Labute approximate surface area is 176 Å². The number of piperidine rings is 1. The average Bonchev–Trinajstić information content (AvgIpc) is 3.02. The Morgan fingerprint density at radius 2 is 1.59 bits per heavy atom. The van der Waals surface area contributed by atoms with Gasteiger partial charge in [-0.2, -0.15) is 0 Å². The molecule has 7 nitrogen and oxygen atoms in total. The monoisotopic (exact) mass is 419 g/mol. The van der Waals surface area contributed by atoms with E-state index in [0.29, 0.717) is 13.1 Å². The van der Waals surface area contributed by atoms with Crippen LogP contribution in [-0.2, 0) is 9.59 Å². The third kappa shape index (κ3) is 5.72. The molecule has 0 bridgehead atoms. The molecule has 2 fully saturated rings. The van der Waals surface area contributed by atoms with Crippen LogP contribution in [0.25, 0.3) is 0 Å². The smallest absolute Gasteiger partial charge is 0.269 e. The Morgan fingerprint density at radius 1 is 1.00 bits per heavy atom. The first-order valence-electron chi connectivity index (χ1n) is 10.4. The lowest BCUT2D eigenvalue weighted by atomic mass is 9.95. The zero-order chi connectivity index (χ0) is 20.8. The number of nitro groups is 1. The third-order valence-corrected chi connectivity index (χ3v) is 6.88. The van der Waals surface area contributed by atoms with Crippen molar-refractivity contribution >= 4 is 29.3 Å². The summed E-state index contributed by atoms with van der Waals surface area (Å²) in [5.41, 5.74) is 0.0458. The Hall–Kier alpha value is -2.09. The van der Waals surface area contributed by atoms with Crippen LogP contribution in [0, 0.1) is 16.0 Å². The Bertz CT molecular complexity index is 724. The summed E-state index contributed by atoms with van der Waals surface area (Å²) in [6.07, 6.45) is 6.08. The van der Waals surface area contributed by atoms with E-state index in [0.717, 1.165) is 43.7 Å². The quantitative estimate of drug-likeness (QED) is 0.413. The molecular formula is C21H29N3O4S. The summed E-state index contributed by atoms with van der Waals surface area (Å²) in [7, 11) is 0. The highest BCUT2D eigenvalue weighted by Crippen LogP contribution is 2.28. The number of carbonyl (C=O) groups excluding carboxylic acids is 2. The molecule has 29 heavy (non-hydrogen) atoms. The van der Waals surface area contributed by atoms with E-state index in [1.807, 2.05) is 16.7 Å². The molecule has 2 heterocycles. The normalized spacial score (nSPS) is 19.5. The van der Waals surface area contributed by atoms with Crippen LogP contribution in [0.5, 0.6) is 0 Å². The third-order valence-electron chi connectivity index (χ3n) is 5.78. The second-order valence-corrected chi connectivity index (χ2v) is 9.26. The van der Waals surface area contributed by atoms with E-state index in [1.165, 1.54) is 36.7 Å². The zero-order valence-corrected chi connectivity index (χ0v) is 17.7. The van der Waals surface area contributed by atoms with Gasteiger partial charge in [0.05, 0.1) is 10.2 Å². The Balaban J connectivity index is 1.48. The van der Waals surface area contributed by atoms with Gasteiger partial charge >= 0.3 is 0 Å². The van der Waals surface area contributed by atoms with Gasteiger partial charge in [-0.15, -0.1) is 11.8 Å². The molecule has 0 aliphatic carbocycles. The number of nitro benzene ring substituents is 1. The molecular weight excluding hydrogens is 390 g/mol. The molecule has 3 rings (SSSR count). The van der Waals surface area contributed by atoms with Gasteiger partial charge in [0.1, 0.15) is 0 Å². The van der Waals surface area contributed by atoms with Gasteiger partial charge in [-0.1, -0.05) is 12.8 Å². The summed E-state index contributed by atoms with van der Waals surface area (Å²) in [5.74, 6) is 0.371. The van der Waals surface area contributed by atoms with Gasteiger partial charge in [-0.3, -0.25) is 19.7 Å². The fraction of sp³-hybridized carbons (Fsp3) is 0.619. The SMILES string of the molecule is C[C@H](Sc1ccc([N+](=O)[O-])cc1)C(=O)N1CCC(C(=O)N2CCCCCC2)CC1. The first-order valence-corrected chi connectivity index (χ1v) is 11.3. The van der Waals surface area contributed by atoms with Crippen LogP contribution >= 0.6 is 11.8 Å². The number of amides is 2. The standard InChI is InChI=1S/C21H29N3O4S/c1-16(29-19-8-6-18(7-9-19)24(27)28)20(25)23-14-10-17(11-15-23)21(26)22-12-4-2-3-5-13-22/h6-9,16-17H,2-5,10-15H2,1H3/t16-/m0/s1. The van der Waals surface area contributed by atoms with Crippen molar-refractivity contribution in [1.29, 1.82) is 0 Å². The van der Waals surface area contributed by atoms with Crippen molar-refractivity contribution in [3.63, 3.8) is 0 Å². The molecule has 158 valence electrons. The predicted molar refractivity (Wildman–Crippen MR) is 113 cm³/mol. The molecule has 0 unspecified atom stereocenters. The van der Waals surface area contributed by atoms with E-state index in [2.05, 4.69) is 0 Å². The first kappa shape index (κ1) is 21.6. The summed E-state index contributed by atoms with van der Waals surface area (Å²) in [6.45, 7) is 4.85.